The molecule has 0 heterocycles. The van der Waals surface area contributed by atoms with Crippen LogP contribution in [0.25, 0.3) is 0 Å². The molecule has 0 saturated carbocycles. The molecule has 116 valence electrons. The van der Waals surface area contributed by atoms with Crippen LogP contribution in [0.4, 0.5) is 33.3 Å². The number of anilines is 2. The van der Waals surface area contributed by atoms with Crippen LogP contribution in [0, 0.1) is 11.6 Å². The number of benzene rings is 2. The molecule has 22 heavy (non-hydrogen) atoms. The van der Waals surface area contributed by atoms with Crippen molar-refractivity contribution in [3.05, 3.63) is 59.7 Å². The minimum absolute atomic E-state index is 0.0918. The predicted molar refractivity (Wildman–Crippen MR) is 77.6 cm³/mol. The molecule has 0 bridgehead atoms. The Kier molecular flexibility index (Phi) is 4.60. The molecule has 0 atom stereocenters. The van der Waals surface area contributed by atoms with Crippen molar-refractivity contribution in [2.45, 2.75) is 6.18 Å². The molecule has 0 aliphatic carbocycles. The highest BCUT2D eigenvalue weighted by Gasteiger charge is 2.30. The second-order valence-corrected chi connectivity index (χ2v) is 4.69. The summed E-state index contributed by atoms with van der Waals surface area (Å²) in [4.78, 5) is 0. The first-order valence-corrected chi connectivity index (χ1v) is 6.37. The lowest BCUT2D eigenvalue weighted by atomic mass is 10.2. The first kappa shape index (κ1) is 16.2. The van der Waals surface area contributed by atoms with E-state index in [-0.39, 0.29) is 16.5 Å². The topological polar surface area (TPSA) is 24.1 Å². The highest BCUT2D eigenvalue weighted by molar-refractivity contribution is 7.80. The maximum Gasteiger partial charge on any atom is 0.416 e. The Labute approximate surface area is 128 Å². The Morgan fingerprint density at radius 3 is 2.32 bits per heavy atom. The maximum atomic E-state index is 13.4. The molecule has 0 fully saturated rings. The van der Waals surface area contributed by atoms with Gasteiger partial charge in [-0.3, -0.25) is 0 Å². The summed E-state index contributed by atoms with van der Waals surface area (Å²) in [6.07, 6.45) is -4.48. The van der Waals surface area contributed by atoms with Gasteiger partial charge >= 0.3 is 6.18 Å². The van der Waals surface area contributed by atoms with Crippen molar-refractivity contribution in [3.8, 4) is 0 Å². The quantitative estimate of drug-likeness (QED) is 0.611. The molecule has 2 N–H and O–H groups in total. The standard InChI is InChI=1S/C14H9F5N2S/c15-9-4-5-12(11(16)7-9)21-13(22)20-10-3-1-2-8(6-10)14(17,18)19/h1-7H,(H2,20,21,22). The SMILES string of the molecule is Fc1ccc(NC(=S)Nc2cccc(C(F)(F)F)c2)c(F)c1. The van der Waals surface area contributed by atoms with Crippen LogP contribution >= 0.6 is 12.2 Å². The minimum atomic E-state index is -4.48. The first-order chi connectivity index (χ1) is 10.3. The van der Waals surface area contributed by atoms with E-state index in [1.54, 1.807) is 0 Å². The molecule has 8 heteroatoms. The van der Waals surface area contributed by atoms with Gasteiger partial charge in [0, 0.05) is 11.8 Å². The van der Waals surface area contributed by atoms with E-state index in [0.29, 0.717) is 6.07 Å². The number of rotatable bonds is 2. The second-order valence-electron chi connectivity index (χ2n) is 4.28. The molecule has 0 aromatic heterocycles. The van der Waals surface area contributed by atoms with Gasteiger partial charge in [-0.05, 0) is 42.5 Å². The van der Waals surface area contributed by atoms with E-state index in [4.69, 9.17) is 12.2 Å². The zero-order valence-corrected chi connectivity index (χ0v) is 11.7. The largest absolute Gasteiger partial charge is 0.416 e. The molecule has 0 amide bonds. The molecule has 0 radical (unpaired) electrons. The maximum absolute atomic E-state index is 13.4. The van der Waals surface area contributed by atoms with Crippen molar-refractivity contribution >= 4 is 28.7 Å². The van der Waals surface area contributed by atoms with Crippen molar-refractivity contribution in [1.29, 1.82) is 0 Å². The van der Waals surface area contributed by atoms with E-state index in [1.165, 1.54) is 12.1 Å². The number of halogens is 5. The normalized spacial score (nSPS) is 11.1. The number of nitrogens with one attached hydrogen (secondary N) is 2. The molecule has 0 aliphatic rings. The lowest BCUT2D eigenvalue weighted by Gasteiger charge is -2.13. The third kappa shape index (κ3) is 4.14. The van der Waals surface area contributed by atoms with Gasteiger partial charge in [0.25, 0.3) is 0 Å². The lowest BCUT2D eigenvalue weighted by molar-refractivity contribution is -0.137. The van der Waals surface area contributed by atoms with E-state index in [2.05, 4.69) is 10.6 Å². The van der Waals surface area contributed by atoms with E-state index >= 15 is 0 Å². The fraction of sp³-hybridized carbons (Fsp3) is 0.0714. The lowest BCUT2D eigenvalue weighted by Crippen LogP contribution is -2.20. The average molecular weight is 332 g/mol. The van der Waals surface area contributed by atoms with Gasteiger partial charge in [0.1, 0.15) is 11.6 Å². The smallest absolute Gasteiger partial charge is 0.332 e. The van der Waals surface area contributed by atoms with Crippen LogP contribution in [0.2, 0.25) is 0 Å². The van der Waals surface area contributed by atoms with Gasteiger partial charge < -0.3 is 10.6 Å². The van der Waals surface area contributed by atoms with Crippen molar-refractivity contribution < 1.29 is 22.0 Å². The van der Waals surface area contributed by atoms with Crippen LogP contribution in [-0.2, 0) is 6.18 Å². The summed E-state index contributed by atoms with van der Waals surface area (Å²) in [5, 5.41) is 4.83. The summed E-state index contributed by atoms with van der Waals surface area (Å²) in [5.41, 5.74) is -0.839. The molecule has 0 aliphatic heterocycles. The van der Waals surface area contributed by atoms with Gasteiger partial charge in [-0.2, -0.15) is 13.2 Å². The van der Waals surface area contributed by atoms with Gasteiger partial charge in [0.2, 0.25) is 0 Å². The van der Waals surface area contributed by atoms with Gasteiger partial charge in [-0.1, -0.05) is 6.07 Å². The van der Waals surface area contributed by atoms with Gasteiger partial charge in [0.15, 0.2) is 5.11 Å². The van der Waals surface area contributed by atoms with E-state index < -0.39 is 23.4 Å². The number of hydrogen-bond acceptors (Lipinski definition) is 1. The predicted octanol–water partition coefficient (Wildman–Crippen LogP) is 4.79. The molecule has 0 saturated heterocycles. The third-order valence-corrected chi connectivity index (χ3v) is 2.83. The van der Waals surface area contributed by atoms with Crippen LogP contribution in [0.5, 0.6) is 0 Å². The van der Waals surface area contributed by atoms with E-state index in [1.807, 2.05) is 0 Å². The van der Waals surface area contributed by atoms with E-state index in [0.717, 1.165) is 24.3 Å². The number of hydrogen-bond donors (Lipinski definition) is 2. The zero-order chi connectivity index (χ0) is 16.3. The minimum Gasteiger partial charge on any atom is -0.332 e. The summed E-state index contributed by atoms with van der Waals surface area (Å²) < 4.78 is 63.9. The summed E-state index contributed by atoms with van der Waals surface area (Å²) >= 11 is 4.88. The summed E-state index contributed by atoms with van der Waals surface area (Å²) in [7, 11) is 0. The van der Waals surface area contributed by atoms with Crippen LogP contribution in [0.3, 0.4) is 0 Å². The van der Waals surface area contributed by atoms with Crippen LogP contribution in [-0.4, -0.2) is 5.11 Å². The van der Waals surface area contributed by atoms with Crippen molar-refractivity contribution in [2.75, 3.05) is 10.6 Å². The summed E-state index contributed by atoms with van der Waals surface area (Å²) in [5.74, 6) is -1.62. The Hall–Kier alpha value is -2.22. The summed E-state index contributed by atoms with van der Waals surface area (Å²) in [6, 6.07) is 7.20. The Balaban J connectivity index is 2.09. The molecule has 0 unspecified atom stereocenters. The van der Waals surface area contributed by atoms with Crippen LogP contribution < -0.4 is 10.6 Å². The van der Waals surface area contributed by atoms with Crippen LogP contribution in [0.1, 0.15) is 5.56 Å². The number of thiocarbonyl (C=S) groups is 1. The molecular formula is C14H9F5N2S. The molecule has 2 rings (SSSR count). The van der Waals surface area contributed by atoms with Gasteiger partial charge in [-0.15, -0.1) is 0 Å². The zero-order valence-electron chi connectivity index (χ0n) is 10.8. The molecule has 2 aromatic rings. The highest BCUT2D eigenvalue weighted by Crippen LogP contribution is 2.30. The van der Waals surface area contributed by atoms with E-state index in [9.17, 15) is 22.0 Å². The highest BCUT2D eigenvalue weighted by atomic mass is 32.1. The number of alkyl halides is 3. The molecule has 2 aromatic carbocycles. The monoisotopic (exact) mass is 332 g/mol. The summed E-state index contributed by atoms with van der Waals surface area (Å²) in [6.45, 7) is 0. The van der Waals surface area contributed by atoms with Crippen molar-refractivity contribution in [2.24, 2.45) is 0 Å². The Morgan fingerprint density at radius 2 is 1.68 bits per heavy atom. The Morgan fingerprint density at radius 1 is 0.955 bits per heavy atom. The fourth-order valence-corrected chi connectivity index (χ4v) is 1.88. The Bertz CT molecular complexity index is 700. The molecule has 2 nitrogen and oxygen atoms in total. The average Bonchev–Trinajstić information content (AvgIpc) is 2.41. The first-order valence-electron chi connectivity index (χ1n) is 5.96. The third-order valence-electron chi connectivity index (χ3n) is 2.63. The van der Waals surface area contributed by atoms with Gasteiger partial charge in [-0.25, -0.2) is 8.78 Å². The van der Waals surface area contributed by atoms with Crippen molar-refractivity contribution in [1.82, 2.24) is 0 Å². The van der Waals surface area contributed by atoms with Crippen molar-refractivity contribution in [3.63, 3.8) is 0 Å². The molecule has 0 spiro atoms. The fourth-order valence-electron chi connectivity index (χ4n) is 1.65. The van der Waals surface area contributed by atoms with Gasteiger partial charge in [0.05, 0.1) is 11.3 Å². The molecular weight excluding hydrogens is 323 g/mol. The second kappa shape index (κ2) is 6.27. The van der Waals surface area contributed by atoms with Crippen LogP contribution in [0.15, 0.2) is 42.5 Å².